The molecule has 1 heterocycles. The van der Waals surface area contributed by atoms with Crippen molar-refractivity contribution in [3.63, 3.8) is 0 Å². The number of rotatable bonds is 7. The lowest BCUT2D eigenvalue weighted by molar-refractivity contribution is -0.123. The molecule has 1 aromatic heterocycles. The SMILES string of the molecule is C=CCNC(=O)NC(=O)COC(=O)c1oc2ccccc2c1CSC. The van der Waals surface area contributed by atoms with Gasteiger partial charge < -0.3 is 14.5 Å². The Hall–Kier alpha value is -2.74. The number of amides is 3. The Morgan fingerprint density at radius 2 is 2.08 bits per heavy atom. The fourth-order valence-electron chi connectivity index (χ4n) is 2.12. The molecule has 0 bridgehead atoms. The molecule has 2 rings (SSSR count). The topological polar surface area (TPSA) is 97.6 Å². The molecule has 0 saturated heterocycles. The van der Waals surface area contributed by atoms with Crippen LogP contribution in [0, 0.1) is 0 Å². The summed E-state index contributed by atoms with van der Waals surface area (Å²) in [4.78, 5) is 35.2. The van der Waals surface area contributed by atoms with Crippen molar-refractivity contribution >= 4 is 40.6 Å². The van der Waals surface area contributed by atoms with Crippen molar-refractivity contribution in [2.75, 3.05) is 19.4 Å². The van der Waals surface area contributed by atoms with E-state index in [1.54, 1.807) is 12.1 Å². The molecule has 3 amide bonds. The minimum atomic E-state index is -0.748. The van der Waals surface area contributed by atoms with Crippen LogP contribution in [0.5, 0.6) is 0 Å². The summed E-state index contributed by atoms with van der Waals surface area (Å²) in [5, 5.41) is 5.25. The third-order valence-electron chi connectivity index (χ3n) is 3.17. The van der Waals surface area contributed by atoms with E-state index in [1.807, 2.05) is 23.7 Å². The Kier molecular flexibility index (Phi) is 6.64. The number of nitrogens with one attached hydrogen (secondary N) is 2. The van der Waals surface area contributed by atoms with Crippen molar-refractivity contribution in [1.82, 2.24) is 10.6 Å². The number of hydrogen-bond donors (Lipinski definition) is 2. The minimum Gasteiger partial charge on any atom is -0.450 e. The van der Waals surface area contributed by atoms with Gasteiger partial charge >= 0.3 is 12.0 Å². The number of carbonyl (C=O) groups excluding carboxylic acids is 3. The van der Waals surface area contributed by atoms with Crippen LogP contribution in [0.4, 0.5) is 4.79 Å². The van der Waals surface area contributed by atoms with E-state index in [0.29, 0.717) is 11.3 Å². The van der Waals surface area contributed by atoms with E-state index in [0.717, 1.165) is 10.9 Å². The predicted octanol–water partition coefficient (Wildman–Crippen LogP) is 2.46. The van der Waals surface area contributed by atoms with Crippen molar-refractivity contribution in [1.29, 1.82) is 0 Å². The monoisotopic (exact) mass is 362 g/mol. The van der Waals surface area contributed by atoms with Gasteiger partial charge in [0.2, 0.25) is 5.76 Å². The zero-order chi connectivity index (χ0) is 18.2. The van der Waals surface area contributed by atoms with Gasteiger partial charge in [0.05, 0.1) is 0 Å². The van der Waals surface area contributed by atoms with Gasteiger partial charge in [0.25, 0.3) is 5.91 Å². The molecule has 0 radical (unpaired) electrons. The fourth-order valence-corrected chi connectivity index (χ4v) is 2.70. The zero-order valence-corrected chi connectivity index (χ0v) is 14.5. The molecule has 0 saturated carbocycles. The molecule has 7 nitrogen and oxygen atoms in total. The third kappa shape index (κ3) is 4.87. The van der Waals surface area contributed by atoms with Crippen molar-refractivity contribution in [3.8, 4) is 0 Å². The van der Waals surface area contributed by atoms with Gasteiger partial charge in [-0.1, -0.05) is 24.3 Å². The number of fused-ring (bicyclic) bond motifs is 1. The van der Waals surface area contributed by atoms with E-state index >= 15 is 0 Å². The second-order valence-corrected chi connectivity index (χ2v) is 5.83. The molecular weight excluding hydrogens is 344 g/mol. The first-order valence-electron chi connectivity index (χ1n) is 7.41. The van der Waals surface area contributed by atoms with Gasteiger partial charge in [-0.25, -0.2) is 9.59 Å². The summed E-state index contributed by atoms with van der Waals surface area (Å²) < 4.78 is 10.5. The number of ether oxygens (including phenoxy) is 1. The van der Waals surface area contributed by atoms with Crippen LogP contribution in [0.3, 0.4) is 0 Å². The Morgan fingerprint density at radius 3 is 2.80 bits per heavy atom. The summed E-state index contributed by atoms with van der Waals surface area (Å²) >= 11 is 1.54. The summed E-state index contributed by atoms with van der Waals surface area (Å²) in [6.45, 7) is 3.07. The molecule has 0 unspecified atom stereocenters. The van der Waals surface area contributed by atoms with Gasteiger partial charge in [0, 0.05) is 23.2 Å². The molecule has 0 spiro atoms. The molecule has 1 aromatic carbocycles. The van der Waals surface area contributed by atoms with Crippen LogP contribution in [0.15, 0.2) is 41.3 Å². The standard InChI is InChI=1S/C17H18N2O5S/c1-3-8-18-17(22)19-14(20)9-23-16(21)15-12(10-25-2)11-6-4-5-7-13(11)24-15/h3-7H,1,8-10H2,2H3,(H2,18,19,20,22). The van der Waals surface area contributed by atoms with Gasteiger partial charge in [0.1, 0.15) is 5.58 Å². The zero-order valence-electron chi connectivity index (χ0n) is 13.7. The highest BCUT2D eigenvalue weighted by Crippen LogP contribution is 2.29. The molecule has 0 atom stereocenters. The van der Waals surface area contributed by atoms with E-state index in [-0.39, 0.29) is 12.3 Å². The number of benzene rings is 1. The number of hydrogen-bond acceptors (Lipinski definition) is 6. The Bertz CT molecular complexity index is 799. The molecule has 132 valence electrons. The first-order chi connectivity index (χ1) is 12.1. The third-order valence-corrected chi connectivity index (χ3v) is 3.74. The lowest BCUT2D eigenvalue weighted by Gasteiger charge is -2.06. The Balaban J connectivity index is 2.02. The van der Waals surface area contributed by atoms with E-state index in [2.05, 4.69) is 11.9 Å². The molecule has 0 fully saturated rings. The highest BCUT2D eigenvalue weighted by molar-refractivity contribution is 7.97. The largest absolute Gasteiger partial charge is 0.450 e. The van der Waals surface area contributed by atoms with Crippen molar-refractivity contribution in [3.05, 3.63) is 48.2 Å². The molecule has 0 aliphatic rings. The number of para-hydroxylation sites is 1. The second-order valence-electron chi connectivity index (χ2n) is 4.96. The van der Waals surface area contributed by atoms with Crippen molar-refractivity contribution in [2.24, 2.45) is 0 Å². The molecule has 2 N–H and O–H groups in total. The first-order valence-corrected chi connectivity index (χ1v) is 8.81. The van der Waals surface area contributed by atoms with Crippen LogP contribution in [-0.2, 0) is 15.3 Å². The summed E-state index contributed by atoms with van der Waals surface area (Å²) in [5.74, 6) is -0.851. The first kappa shape index (κ1) is 18.6. The van der Waals surface area contributed by atoms with Crippen LogP contribution in [0.25, 0.3) is 11.0 Å². The normalized spacial score (nSPS) is 10.3. The lowest BCUT2D eigenvalue weighted by atomic mass is 10.1. The minimum absolute atomic E-state index is 0.0689. The quantitative estimate of drug-likeness (QED) is 0.580. The highest BCUT2D eigenvalue weighted by Gasteiger charge is 2.22. The molecular formula is C17H18N2O5S. The summed E-state index contributed by atoms with van der Waals surface area (Å²) in [6, 6.07) is 6.59. The van der Waals surface area contributed by atoms with E-state index in [9.17, 15) is 14.4 Å². The summed E-state index contributed by atoms with van der Waals surface area (Å²) in [7, 11) is 0. The maximum atomic E-state index is 12.3. The molecule has 8 heteroatoms. The van der Waals surface area contributed by atoms with Crippen LogP contribution >= 0.6 is 11.8 Å². The van der Waals surface area contributed by atoms with Gasteiger partial charge in [-0.15, -0.1) is 6.58 Å². The van der Waals surface area contributed by atoms with Crippen LogP contribution in [0.1, 0.15) is 16.1 Å². The summed E-state index contributed by atoms with van der Waals surface area (Å²) in [5.41, 5.74) is 1.30. The number of esters is 1. The highest BCUT2D eigenvalue weighted by atomic mass is 32.2. The molecule has 0 aliphatic carbocycles. The van der Waals surface area contributed by atoms with E-state index in [1.165, 1.54) is 17.8 Å². The number of carbonyl (C=O) groups is 3. The maximum absolute atomic E-state index is 12.3. The Morgan fingerprint density at radius 1 is 1.32 bits per heavy atom. The van der Waals surface area contributed by atoms with E-state index < -0.39 is 24.5 Å². The lowest BCUT2D eigenvalue weighted by Crippen LogP contribution is -2.41. The van der Waals surface area contributed by atoms with Gasteiger partial charge in [-0.2, -0.15) is 11.8 Å². The van der Waals surface area contributed by atoms with E-state index in [4.69, 9.17) is 9.15 Å². The number of thioether (sulfide) groups is 1. The Labute approximate surface area is 148 Å². The van der Waals surface area contributed by atoms with Crippen LogP contribution in [-0.4, -0.2) is 37.3 Å². The van der Waals surface area contributed by atoms with Crippen molar-refractivity contribution < 1.29 is 23.5 Å². The smallest absolute Gasteiger partial charge is 0.375 e. The fraction of sp³-hybridized carbons (Fsp3) is 0.235. The average Bonchev–Trinajstić information content (AvgIpc) is 2.97. The predicted molar refractivity (Wildman–Crippen MR) is 95.5 cm³/mol. The van der Waals surface area contributed by atoms with Gasteiger partial charge in [-0.3, -0.25) is 10.1 Å². The number of urea groups is 1. The average molecular weight is 362 g/mol. The summed E-state index contributed by atoms with van der Waals surface area (Å²) in [6.07, 6.45) is 3.38. The van der Waals surface area contributed by atoms with Gasteiger partial charge in [0.15, 0.2) is 6.61 Å². The maximum Gasteiger partial charge on any atom is 0.375 e. The van der Waals surface area contributed by atoms with Crippen LogP contribution < -0.4 is 10.6 Å². The number of furan rings is 1. The van der Waals surface area contributed by atoms with Crippen molar-refractivity contribution in [2.45, 2.75) is 5.75 Å². The molecule has 25 heavy (non-hydrogen) atoms. The van der Waals surface area contributed by atoms with Gasteiger partial charge in [-0.05, 0) is 12.3 Å². The second kappa shape index (κ2) is 8.93. The number of imide groups is 1. The molecule has 2 aromatic rings. The molecule has 0 aliphatic heterocycles. The van der Waals surface area contributed by atoms with Crippen LogP contribution in [0.2, 0.25) is 0 Å².